The highest BCUT2D eigenvalue weighted by Crippen LogP contribution is 2.38. The van der Waals surface area contributed by atoms with Crippen molar-refractivity contribution >= 4 is 11.9 Å². The molecule has 18 nitrogen and oxygen atoms in total. The summed E-state index contributed by atoms with van der Waals surface area (Å²) in [6.45, 7) is 6.78. The minimum atomic E-state index is -2.35. The number of nitrogens with two attached hydrogens (primary N) is 1. The van der Waals surface area contributed by atoms with Gasteiger partial charge in [0.05, 0.1) is 79.6 Å². The van der Waals surface area contributed by atoms with Crippen LogP contribution in [0.1, 0.15) is 91.9 Å². The predicted molar refractivity (Wildman–Crippen MR) is 237 cm³/mol. The van der Waals surface area contributed by atoms with Crippen molar-refractivity contribution in [2.24, 2.45) is 23.5 Å². The van der Waals surface area contributed by atoms with E-state index in [2.05, 4.69) is 0 Å². The molecule has 18 heteroatoms. The number of carbonyl (C=O) groups is 2. The Kier molecular flexibility index (Phi) is 23.8. The molecule has 3 aliphatic rings. The molecule has 3 aliphatic heterocycles. The first-order chi connectivity index (χ1) is 30.6. The molecule has 19 atom stereocenters. The van der Waals surface area contributed by atoms with E-state index in [0.29, 0.717) is 0 Å². The van der Waals surface area contributed by atoms with Gasteiger partial charge in [0.1, 0.15) is 18.1 Å². The second-order valence-electron chi connectivity index (χ2n) is 17.8. The van der Waals surface area contributed by atoms with Crippen molar-refractivity contribution in [3.8, 4) is 0 Å². The molecule has 370 valence electrons. The van der Waals surface area contributed by atoms with Crippen molar-refractivity contribution < 1.29 is 84.7 Å². The van der Waals surface area contributed by atoms with Crippen LogP contribution in [0.3, 0.4) is 0 Å². The Bertz CT molecular complexity index is 1620. The van der Waals surface area contributed by atoms with Crippen LogP contribution in [0.4, 0.5) is 0 Å². The van der Waals surface area contributed by atoms with Crippen molar-refractivity contribution in [2.75, 3.05) is 0 Å². The molecule has 2 fully saturated rings. The number of hydrogen-bond acceptors (Lipinski definition) is 17. The third-order valence-electron chi connectivity index (χ3n) is 12.2. The number of carboxylic acids is 1. The molecule has 3 rings (SSSR count). The van der Waals surface area contributed by atoms with Crippen LogP contribution >= 0.6 is 0 Å². The number of carbonyl (C=O) groups excluding carboxylic acids is 1. The molecule has 0 aliphatic carbocycles. The van der Waals surface area contributed by atoms with E-state index in [4.69, 9.17) is 24.7 Å². The lowest BCUT2D eigenvalue weighted by Crippen LogP contribution is -2.61. The summed E-state index contributed by atoms with van der Waals surface area (Å²) in [6, 6.07) is -1.14. The monoisotopic (exact) mass is 926 g/mol. The number of cyclic esters (lactones) is 1. The smallest absolute Gasteiger partial charge is 0.311 e. The molecule has 0 spiro atoms. The number of fused-ring (bicyclic) bond motifs is 2. The quantitative estimate of drug-likeness (QED) is 0.175. The summed E-state index contributed by atoms with van der Waals surface area (Å²) < 4.78 is 23.2. The lowest BCUT2D eigenvalue weighted by atomic mass is 9.82. The van der Waals surface area contributed by atoms with E-state index in [-0.39, 0.29) is 38.0 Å². The van der Waals surface area contributed by atoms with Crippen LogP contribution in [0.2, 0.25) is 0 Å². The first kappa shape index (κ1) is 56.1. The van der Waals surface area contributed by atoms with E-state index in [9.17, 15) is 65.8 Å². The molecule has 0 amide bonds. The average molecular weight is 926 g/mol. The van der Waals surface area contributed by atoms with Gasteiger partial charge < -0.3 is 80.9 Å². The summed E-state index contributed by atoms with van der Waals surface area (Å²) in [5, 5.41) is 118. The zero-order valence-electron chi connectivity index (χ0n) is 37.8. The standard InChI is InChI=1S/C47H75NO17/c1-27-17-15-13-11-9-7-5-6-8-10-12-14-16-18-34(64-46-44(58)41(48)43(57)30(4)63-46)24-38-40(45(59)60)37(54)26-47(61,65-38)25-36(53)35(52)20-19-31(49)21-32(50)22-33(51)23-39(55)62-29(3)28(2)42(27)56/h5-6,8,10-18,27-38,40-44,46,49-54,56-58,61H,7,9,19-26,48H2,1-4H3,(H,59,60)/b6-5+,10-8+,13-11+,14-12+,17-15+,18-16+/t27-,28+,29+,30-,31?,32?,33?,34?,35?,36?,37?,38?,40?,41+,42-,43-,44+,46-,47-/m1/s1. The zero-order valence-corrected chi connectivity index (χ0v) is 37.8. The molecule has 0 aromatic heterocycles. The number of esters is 1. The van der Waals surface area contributed by atoms with Gasteiger partial charge in [-0.05, 0) is 52.4 Å². The summed E-state index contributed by atoms with van der Waals surface area (Å²) in [4.78, 5) is 25.1. The lowest BCUT2D eigenvalue weighted by molar-refractivity contribution is -0.310. The largest absolute Gasteiger partial charge is 0.481 e. The van der Waals surface area contributed by atoms with Crippen molar-refractivity contribution in [1.82, 2.24) is 0 Å². The van der Waals surface area contributed by atoms with Gasteiger partial charge in [0, 0.05) is 31.1 Å². The minimum Gasteiger partial charge on any atom is -0.481 e. The number of hydrogen-bond donors (Lipinski definition) is 12. The third-order valence-corrected chi connectivity index (χ3v) is 12.2. The van der Waals surface area contributed by atoms with Gasteiger partial charge >= 0.3 is 11.9 Å². The molecular weight excluding hydrogens is 851 g/mol. The number of carboxylic acid groups (broad SMARTS) is 1. The van der Waals surface area contributed by atoms with Crippen molar-refractivity contribution in [1.29, 1.82) is 0 Å². The Hall–Kier alpha value is -3.18. The summed E-state index contributed by atoms with van der Waals surface area (Å²) in [5.41, 5.74) is 6.02. The third kappa shape index (κ3) is 18.8. The number of rotatable bonds is 3. The first-order valence-corrected chi connectivity index (χ1v) is 22.6. The van der Waals surface area contributed by atoms with E-state index >= 15 is 0 Å². The van der Waals surface area contributed by atoms with Gasteiger partial charge in [-0.1, -0.05) is 86.8 Å². The fourth-order valence-corrected chi connectivity index (χ4v) is 8.11. The van der Waals surface area contributed by atoms with Gasteiger partial charge in [0.15, 0.2) is 12.1 Å². The molecule has 3 heterocycles. The predicted octanol–water partition coefficient (Wildman–Crippen LogP) is 0.936. The highest BCUT2D eigenvalue weighted by Gasteiger charge is 2.51. The summed E-state index contributed by atoms with van der Waals surface area (Å²) in [6.07, 6.45) is 2.28. The Morgan fingerprint density at radius 2 is 1.28 bits per heavy atom. The van der Waals surface area contributed by atoms with Crippen LogP contribution < -0.4 is 5.73 Å². The van der Waals surface area contributed by atoms with Gasteiger partial charge in [-0.3, -0.25) is 9.59 Å². The van der Waals surface area contributed by atoms with Crippen LogP contribution in [0.25, 0.3) is 0 Å². The highest BCUT2D eigenvalue weighted by atomic mass is 16.7. The summed E-state index contributed by atoms with van der Waals surface area (Å²) in [7, 11) is 0. The molecule has 0 saturated carbocycles. The molecule has 65 heavy (non-hydrogen) atoms. The second-order valence-corrected chi connectivity index (χ2v) is 17.8. The number of allylic oxidation sites excluding steroid dienone is 10. The van der Waals surface area contributed by atoms with Crippen LogP contribution in [0.15, 0.2) is 72.9 Å². The lowest BCUT2D eigenvalue weighted by Gasteiger charge is -2.45. The van der Waals surface area contributed by atoms with Gasteiger partial charge in [-0.25, -0.2) is 0 Å². The first-order valence-electron chi connectivity index (χ1n) is 22.6. The zero-order chi connectivity index (χ0) is 48.4. The van der Waals surface area contributed by atoms with E-state index in [1.54, 1.807) is 38.2 Å². The van der Waals surface area contributed by atoms with Gasteiger partial charge in [-0.15, -0.1) is 0 Å². The fraction of sp³-hybridized carbons (Fsp3) is 0.702. The van der Waals surface area contributed by atoms with Crippen molar-refractivity contribution in [3.05, 3.63) is 72.9 Å². The summed E-state index contributed by atoms with van der Waals surface area (Å²) in [5.74, 6) is -6.82. The Morgan fingerprint density at radius 3 is 1.94 bits per heavy atom. The van der Waals surface area contributed by atoms with Gasteiger partial charge in [-0.2, -0.15) is 0 Å². The maximum atomic E-state index is 12.6. The Balaban J connectivity index is 1.84. The SMILES string of the molecule is C[C@@H]1[C@H](O)[C@H](C)/C=C/C=C/CC/C=C/C=C/C=C/C=C/C(O[C@H]2O[C@H](C)[C@@H](O)[C@H](N)[C@@H]2O)CC2O[C@](O)(CC(O)C(O)CCC(O)CC(O)CC(O)CC(=O)O[C@H]1C)CC(O)C2C(=O)O. The number of aliphatic hydroxyl groups is 10. The van der Waals surface area contributed by atoms with Crippen LogP contribution in [0.5, 0.6) is 0 Å². The minimum absolute atomic E-state index is 0.138. The average Bonchev–Trinajstić information content (AvgIpc) is 3.21. The van der Waals surface area contributed by atoms with E-state index in [0.717, 1.165) is 12.8 Å². The molecule has 2 saturated heterocycles. The van der Waals surface area contributed by atoms with Crippen molar-refractivity contribution in [2.45, 2.75) is 189 Å². The molecule has 0 aromatic rings. The second kappa shape index (κ2) is 27.6. The number of ether oxygens (including phenoxy) is 4. The fourth-order valence-electron chi connectivity index (χ4n) is 8.11. The molecule has 9 unspecified atom stereocenters. The molecule has 0 aromatic carbocycles. The Morgan fingerprint density at radius 1 is 0.692 bits per heavy atom. The van der Waals surface area contributed by atoms with E-state index in [1.165, 1.54) is 13.0 Å². The van der Waals surface area contributed by atoms with Crippen LogP contribution in [-0.2, 0) is 28.5 Å². The van der Waals surface area contributed by atoms with Crippen LogP contribution in [-0.4, -0.2) is 166 Å². The maximum absolute atomic E-state index is 12.6. The van der Waals surface area contributed by atoms with Crippen molar-refractivity contribution in [3.63, 3.8) is 0 Å². The van der Waals surface area contributed by atoms with Gasteiger partial charge in [0.2, 0.25) is 0 Å². The van der Waals surface area contributed by atoms with E-state index < -0.39 is 141 Å². The molecule has 0 radical (unpaired) electrons. The maximum Gasteiger partial charge on any atom is 0.311 e. The number of aliphatic hydroxyl groups excluding tert-OH is 9. The molecule has 13 N–H and O–H groups in total. The topological polar surface area (TPSA) is 320 Å². The molecular formula is C47H75NO17. The molecule has 2 bridgehead atoms. The normalized spacial score (nSPS) is 45.2. The Labute approximate surface area is 381 Å². The van der Waals surface area contributed by atoms with Crippen LogP contribution in [0, 0.1) is 17.8 Å². The summed E-state index contributed by atoms with van der Waals surface area (Å²) >= 11 is 0. The highest BCUT2D eigenvalue weighted by molar-refractivity contribution is 5.71. The van der Waals surface area contributed by atoms with Gasteiger partial charge in [0.25, 0.3) is 0 Å². The number of aliphatic carboxylic acids is 1. The van der Waals surface area contributed by atoms with E-state index in [1.807, 2.05) is 49.5 Å².